The van der Waals surface area contributed by atoms with Gasteiger partial charge in [-0.25, -0.2) is 0 Å². The molecule has 17 heavy (non-hydrogen) atoms. The topological polar surface area (TPSA) is 72.7 Å². The van der Waals surface area contributed by atoms with Crippen molar-refractivity contribution in [2.24, 2.45) is 0 Å². The molecule has 0 amide bonds. The molecular weight excluding hydrogens is 354 g/mol. The van der Waals surface area contributed by atoms with Gasteiger partial charge in [0.2, 0.25) is 0 Å². The molecule has 0 heterocycles. The van der Waals surface area contributed by atoms with Gasteiger partial charge in [-0.15, -0.1) is 0 Å². The van der Waals surface area contributed by atoms with E-state index in [9.17, 15) is 5.11 Å². The van der Waals surface area contributed by atoms with E-state index in [2.05, 4.69) is 37.2 Å². The van der Waals surface area contributed by atoms with Crippen LogP contribution in [0.3, 0.4) is 0 Å². The molecule has 4 nitrogen and oxygen atoms in total. The summed E-state index contributed by atoms with van der Waals surface area (Å²) in [5.74, 6) is 0.255. The Morgan fingerprint density at radius 3 is 1.82 bits per heavy atom. The highest BCUT2D eigenvalue weighted by Gasteiger charge is 2.02. The first kappa shape index (κ1) is 16.9. The van der Waals surface area contributed by atoms with E-state index < -0.39 is 0 Å². The van der Waals surface area contributed by atoms with E-state index in [1.807, 2.05) is 19.1 Å². The van der Waals surface area contributed by atoms with Crippen LogP contribution in [0.2, 0.25) is 0 Å². The van der Waals surface area contributed by atoms with Crippen molar-refractivity contribution in [1.29, 1.82) is 0 Å². The van der Waals surface area contributed by atoms with Crippen LogP contribution in [0.4, 0.5) is 0 Å². The van der Waals surface area contributed by atoms with Gasteiger partial charge in [-0.05, 0) is 56.5 Å². The molecule has 0 aromatic heterocycles. The second-order valence-corrected chi connectivity index (χ2v) is 4.98. The van der Waals surface area contributed by atoms with Gasteiger partial charge >= 0.3 is 0 Å². The number of phenols is 1. The maximum atomic E-state index is 9.24. The van der Waals surface area contributed by atoms with Crippen molar-refractivity contribution in [3.63, 3.8) is 0 Å². The summed E-state index contributed by atoms with van der Waals surface area (Å²) in [7, 11) is 0. The van der Waals surface area contributed by atoms with Crippen LogP contribution in [-0.2, 0) is 0 Å². The molecule has 4 N–H and O–H groups in total. The van der Waals surface area contributed by atoms with Crippen molar-refractivity contribution in [3.05, 3.63) is 26.6 Å². The van der Waals surface area contributed by atoms with Crippen LogP contribution >= 0.6 is 31.9 Å². The molecule has 6 heteroatoms. The number of phenolic OH excluding ortho intramolecular Hbond substituents is 1. The zero-order valence-electron chi connectivity index (χ0n) is 9.58. The minimum absolute atomic E-state index is 0.139. The normalized spacial score (nSPS) is 9.71. The molecule has 0 aliphatic carbocycles. The molecule has 0 fully saturated rings. The Hall–Kier alpha value is -0.140. The number of halogens is 2. The molecule has 0 radical (unpaired) electrons. The number of aliphatic hydroxyl groups is 2. The summed E-state index contributed by atoms with van der Waals surface area (Å²) in [6, 6.07) is 3.72. The second-order valence-electron chi connectivity index (χ2n) is 3.27. The van der Waals surface area contributed by atoms with Crippen LogP contribution in [0, 0.1) is 6.92 Å². The molecule has 0 aliphatic rings. The van der Waals surface area contributed by atoms with Crippen LogP contribution in [0.5, 0.6) is 5.75 Å². The SMILES string of the molecule is Cc1cc(Br)c(O)c(Br)c1.OCCNCCO. The molecule has 98 valence electrons. The Balaban J connectivity index is 0.000000325. The van der Waals surface area contributed by atoms with Gasteiger partial charge in [-0.1, -0.05) is 0 Å². The highest BCUT2D eigenvalue weighted by Crippen LogP contribution is 2.32. The highest BCUT2D eigenvalue weighted by molar-refractivity contribution is 9.11. The van der Waals surface area contributed by atoms with E-state index in [-0.39, 0.29) is 19.0 Å². The predicted octanol–water partition coefficient (Wildman–Crippen LogP) is 1.79. The molecule has 0 atom stereocenters. The number of aliphatic hydroxyl groups excluding tert-OH is 2. The van der Waals surface area contributed by atoms with Crippen molar-refractivity contribution in [3.8, 4) is 5.75 Å². The van der Waals surface area contributed by atoms with E-state index in [0.29, 0.717) is 13.1 Å². The summed E-state index contributed by atoms with van der Waals surface area (Å²) in [6.45, 7) is 3.38. The van der Waals surface area contributed by atoms with E-state index in [1.165, 1.54) is 0 Å². The molecule has 0 unspecified atom stereocenters. The maximum absolute atomic E-state index is 9.24. The Kier molecular flexibility index (Phi) is 9.76. The molecule has 1 rings (SSSR count). The summed E-state index contributed by atoms with van der Waals surface area (Å²) in [5.41, 5.74) is 1.11. The van der Waals surface area contributed by atoms with E-state index >= 15 is 0 Å². The van der Waals surface area contributed by atoms with Gasteiger partial charge in [0.15, 0.2) is 0 Å². The number of hydrogen-bond donors (Lipinski definition) is 4. The van der Waals surface area contributed by atoms with Gasteiger partial charge in [0, 0.05) is 13.1 Å². The average molecular weight is 371 g/mol. The van der Waals surface area contributed by atoms with E-state index in [4.69, 9.17) is 10.2 Å². The number of nitrogens with one attached hydrogen (secondary N) is 1. The molecule has 0 saturated carbocycles. The van der Waals surface area contributed by atoms with Crippen LogP contribution in [-0.4, -0.2) is 41.6 Å². The standard InChI is InChI=1S/C7H6Br2O.C4H11NO2/c1-4-2-5(8)7(10)6(9)3-4;6-3-1-5-2-4-7/h2-3,10H,1H3;5-7H,1-4H2. The van der Waals surface area contributed by atoms with Gasteiger partial charge in [0.1, 0.15) is 5.75 Å². The zero-order chi connectivity index (χ0) is 13.3. The third kappa shape index (κ3) is 7.72. The van der Waals surface area contributed by atoms with Crippen LogP contribution in [0.25, 0.3) is 0 Å². The fourth-order valence-electron chi connectivity index (χ4n) is 0.975. The smallest absolute Gasteiger partial charge is 0.143 e. The van der Waals surface area contributed by atoms with Gasteiger partial charge in [0.05, 0.1) is 22.2 Å². The number of benzene rings is 1. The number of aryl methyl sites for hydroxylation is 1. The summed E-state index contributed by atoms with van der Waals surface area (Å²) in [6.07, 6.45) is 0. The minimum Gasteiger partial charge on any atom is -0.506 e. The van der Waals surface area contributed by atoms with Crippen molar-refractivity contribution in [1.82, 2.24) is 5.32 Å². The summed E-state index contributed by atoms with van der Waals surface area (Å²) in [4.78, 5) is 0. The molecule has 1 aromatic rings. The van der Waals surface area contributed by atoms with Crippen LogP contribution in [0.15, 0.2) is 21.1 Å². The quantitative estimate of drug-likeness (QED) is 0.609. The van der Waals surface area contributed by atoms with Crippen LogP contribution < -0.4 is 5.32 Å². The first-order chi connectivity index (χ1) is 8.02. The van der Waals surface area contributed by atoms with Gasteiger partial charge < -0.3 is 20.6 Å². The monoisotopic (exact) mass is 369 g/mol. The molecule has 0 saturated heterocycles. The van der Waals surface area contributed by atoms with E-state index in [1.54, 1.807) is 0 Å². The summed E-state index contributed by atoms with van der Waals surface area (Å²) >= 11 is 6.43. The van der Waals surface area contributed by atoms with E-state index in [0.717, 1.165) is 14.5 Å². The summed E-state index contributed by atoms with van der Waals surface area (Å²) < 4.78 is 1.44. The molecule has 0 bridgehead atoms. The Morgan fingerprint density at radius 1 is 1.06 bits per heavy atom. The highest BCUT2D eigenvalue weighted by atomic mass is 79.9. The zero-order valence-corrected chi connectivity index (χ0v) is 12.8. The average Bonchev–Trinajstić information content (AvgIpc) is 2.27. The first-order valence-corrected chi connectivity index (χ1v) is 6.68. The first-order valence-electron chi connectivity index (χ1n) is 5.10. The van der Waals surface area contributed by atoms with Crippen LogP contribution in [0.1, 0.15) is 5.56 Å². The number of hydrogen-bond acceptors (Lipinski definition) is 4. The number of aromatic hydroxyl groups is 1. The third-order valence-corrected chi connectivity index (χ3v) is 2.95. The lowest BCUT2D eigenvalue weighted by Gasteiger charge is -2.00. The van der Waals surface area contributed by atoms with Crippen molar-refractivity contribution >= 4 is 31.9 Å². The lowest BCUT2D eigenvalue weighted by atomic mass is 10.2. The van der Waals surface area contributed by atoms with Crippen molar-refractivity contribution in [2.75, 3.05) is 26.3 Å². The fraction of sp³-hybridized carbons (Fsp3) is 0.455. The maximum Gasteiger partial charge on any atom is 0.143 e. The van der Waals surface area contributed by atoms with Crippen molar-refractivity contribution in [2.45, 2.75) is 6.92 Å². The Bertz CT molecular complexity index is 307. The fourth-order valence-corrected chi connectivity index (χ4v) is 2.39. The Morgan fingerprint density at radius 2 is 1.47 bits per heavy atom. The van der Waals surface area contributed by atoms with Gasteiger partial charge in [0.25, 0.3) is 0 Å². The van der Waals surface area contributed by atoms with Gasteiger partial charge in [-0.2, -0.15) is 0 Å². The molecule has 0 aliphatic heterocycles. The molecule has 0 spiro atoms. The summed E-state index contributed by atoms with van der Waals surface area (Å²) in [5, 5.41) is 28.3. The largest absolute Gasteiger partial charge is 0.506 e. The minimum atomic E-state index is 0.139. The number of rotatable bonds is 4. The molecular formula is C11H17Br2NO3. The lowest BCUT2D eigenvalue weighted by Crippen LogP contribution is -2.21. The third-order valence-electron chi connectivity index (χ3n) is 1.74. The second kappa shape index (κ2) is 9.85. The lowest BCUT2D eigenvalue weighted by molar-refractivity contribution is 0.266. The van der Waals surface area contributed by atoms with Gasteiger partial charge in [-0.3, -0.25) is 0 Å². The molecule has 1 aromatic carbocycles. The Labute approximate surface area is 118 Å². The predicted molar refractivity (Wildman–Crippen MR) is 75.3 cm³/mol. The van der Waals surface area contributed by atoms with Crippen molar-refractivity contribution < 1.29 is 15.3 Å².